The molecule has 0 aliphatic carbocycles. The lowest BCUT2D eigenvalue weighted by molar-refractivity contribution is -0.274. The zero-order valence-corrected chi connectivity index (χ0v) is 23.0. The Balaban J connectivity index is 1.45. The first-order chi connectivity index (χ1) is 21.0. The molecule has 1 heterocycles. The van der Waals surface area contributed by atoms with Crippen molar-refractivity contribution in [2.45, 2.75) is 37.4 Å². The zero-order chi connectivity index (χ0) is 30.0. The topological polar surface area (TPSA) is 97.4 Å². The normalized spacial score (nSPS) is 21.4. The van der Waals surface area contributed by atoms with Crippen molar-refractivity contribution in [1.29, 1.82) is 0 Å². The average Bonchev–Trinajstić information content (AvgIpc) is 3.06. The lowest BCUT2D eigenvalue weighted by atomic mass is 9.98. The fourth-order valence-electron chi connectivity index (χ4n) is 4.57. The van der Waals surface area contributed by atoms with Gasteiger partial charge in [0.15, 0.2) is 18.3 Å². The Morgan fingerprint density at radius 3 is 1.53 bits per heavy atom. The predicted molar refractivity (Wildman–Crippen MR) is 153 cm³/mol. The highest BCUT2D eigenvalue weighted by Crippen LogP contribution is 2.31. The van der Waals surface area contributed by atoms with E-state index in [1.165, 1.54) is 0 Å². The molecule has 0 radical (unpaired) electrons. The van der Waals surface area contributed by atoms with E-state index in [9.17, 15) is 14.4 Å². The third-order valence-corrected chi connectivity index (χ3v) is 6.76. The maximum atomic E-state index is 15.8. The van der Waals surface area contributed by atoms with Crippen LogP contribution < -0.4 is 0 Å². The molecule has 43 heavy (non-hydrogen) atoms. The molecular weight excluding hydrogens is 555 g/mol. The van der Waals surface area contributed by atoms with Crippen molar-refractivity contribution in [2.24, 2.45) is 0 Å². The van der Waals surface area contributed by atoms with Gasteiger partial charge in [-0.15, -0.1) is 0 Å². The van der Waals surface area contributed by atoms with Gasteiger partial charge in [0.05, 0.1) is 23.3 Å². The van der Waals surface area contributed by atoms with Gasteiger partial charge in [0.2, 0.25) is 6.36 Å². The van der Waals surface area contributed by atoms with E-state index in [1.807, 2.05) is 6.07 Å². The van der Waals surface area contributed by atoms with E-state index in [0.717, 1.165) is 5.56 Å². The van der Waals surface area contributed by atoms with Crippen LogP contribution in [0.2, 0.25) is 0 Å². The molecule has 0 saturated carbocycles. The number of alkyl halides is 1. The lowest BCUT2D eigenvalue weighted by Crippen LogP contribution is -2.61. The van der Waals surface area contributed by atoms with Crippen LogP contribution in [-0.2, 0) is 30.3 Å². The van der Waals surface area contributed by atoms with Gasteiger partial charge in [-0.05, 0) is 42.0 Å². The molecule has 5 rings (SSSR count). The van der Waals surface area contributed by atoms with Gasteiger partial charge in [-0.1, -0.05) is 84.9 Å². The van der Waals surface area contributed by atoms with Gasteiger partial charge in [0.25, 0.3) is 0 Å². The van der Waals surface area contributed by atoms with Gasteiger partial charge < -0.3 is 23.7 Å². The van der Waals surface area contributed by atoms with Crippen LogP contribution in [0.15, 0.2) is 121 Å². The molecule has 1 fully saturated rings. The molecule has 2 unspecified atom stereocenters. The van der Waals surface area contributed by atoms with Gasteiger partial charge in [-0.25, -0.2) is 18.8 Å². The highest BCUT2D eigenvalue weighted by Gasteiger charge is 2.52. The molecular formula is C34H29FO8. The smallest absolute Gasteiger partial charge is 0.338 e. The van der Waals surface area contributed by atoms with E-state index in [-0.39, 0.29) is 23.3 Å². The van der Waals surface area contributed by atoms with Crippen LogP contribution in [0.3, 0.4) is 0 Å². The molecule has 4 aromatic rings. The van der Waals surface area contributed by atoms with Gasteiger partial charge in [-0.2, -0.15) is 0 Å². The van der Waals surface area contributed by atoms with Crippen LogP contribution in [-0.4, -0.2) is 55.3 Å². The summed E-state index contributed by atoms with van der Waals surface area (Å²) in [6, 6.07) is 33.5. The number of carbonyl (C=O) groups excluding carboxylic acids is 3. The fourth-order valence-corrected chi connectivity index (χ4v) is 4.57. The highest BCUT2D eigenvalue weighted by molar-refractivity contribution is 5.91. The van der Waals surface area contributed by atoms with E-state index >= 15 is 4.39 Å². The van der Waals surface area contributed by atoms with Crippen LogP contribution in [0, 0.1) is 0 Å². The fraction of sp³-hybridized carbons (Fsp3) is 0.206. The summed E-state index contributed by atoms with van der Waals surface area (Å²) in [6.07, 6.45) is -7.81. The van der Waals surface area contributed by atoms with Crippen molar-refractivity contribution >= 4 is 17.9 Å². The Hall–Kier alpha value is -4.86. The largest absolute Gasteiger partial charge is 0.459 e. The van der Waals surface area contributed by atoms with Crippen LogP contribution in [0.4, 0.5) is 4.39 Å². The van der Waals surface area contributed by atoms with Crippen LogP contribution >= 0.6 is 0 Å². The van der Waals surface area contributed by atoms with Gasteiger partial charge in [0, 0.05) is 0 Å². The standard InChI is InChI=1S/C34H29FO8/c35-31-30(39-21-23-13-5-1-6-14-23)29(43-34(38)26-19-11-4-12-20-26)28(42-33(37)25-17-9-3-10-18-25)27(41-31)22-40-32(36)24-15-7-2-8-16-24/h1-20,27-31H,21-22H2/t27?,28-,29-,30?,31+/m0/s1. The molecule has 1 saturated heterocycles. The maximum Gasteiger partial charge on any atom is 0.338 e. The van der Waals surface area contributed by atoms with Gasteiger partial charge in [0.1, 0.15) is 12.7 Å². The number of hydrogen-bond acceptors (Lipinski definition) is 8. The molecule has 0 bridgehead atoms. The summed E-state index contributed by atoms with van der Waals surface area (Å²) < 4.78 is 44.4. The number of halogens is 1. The molecule has 9 heteroatoms. The summed E-state index contributed by atoms with van der Waals surface area (Å²) in [6.45, 7) is -0.534. The quantitative estimate of drug-likeness (QED) is 0.176. The van der Waals surface area contributed by atoms with E-state index in [0.29, 0.717) is 0 Å². The first-order valence-electron chi connectivity index (χ1n) is 13.7. The number of benzene rings is 4. The van der Waals surface area contributed by atoms with E-state index < -0.39 is 55.3 Å². The molecule has 0 spiro atoms. The number of carbonyl (C=O) groups is 3. The third-order valence-electron chi connectivity index (χ3n) is 6.76. The lowest BCUT2D eigenvalue weighted by Gasteiger charge is -2.42. The molecule has 8 nitrogen and oxygen atoms in total. The number of ether oxygens (including phenoxy) is 5. The van der Waals surface area contributed by atoms with Crippen molar-refractivity contribution < 1.29 is 42.5 Å². The second-order valence-electron chi connectivity index (χ2n) is 9.72. The molecule has 0 amide bonds. The van der Waals surface area contributed by atoms with Gasteiger partial charge >= 0.3 is 17.9 Å². The van der Waals surface area contributed by atoms with Crippen molar-refractivity contribution in [3.8, 4) is 0 Å². The number of esters is 3. The summed E-state index contributed by atoms with van der Waals surface area (Å²) in [5.41, 5.74) is 1.41. The Morgan fingerprint density at radius 2 is 1.02 bits per heavy atom. The minimum atomic E-state index is -2.12. The van der Waals surface area contributed by atoms with E-state index in [4.69, 9.17) is 23.7 Å². The van der Waals surface area contributed by atoms with Gasteiger partial charge in [-0.3, -0.25) is 0 Å². The molecule has 5 atom stereocenters. The van der Waals surface area contributed by atoms with Crippen LogP contribution in [0.1, 0.15) is 36.6 Å². The molecule has 1 aliphatic heterocycles. The first-order valence-corrected chi connectivity index (χ1v) is 13.7. The Labute approximate surface area is 247 Å². The molecule has 0 N–H and O–H groups in total. The molecule has 1 aliphatic rings. The Morgan fingerprint density at radius 1 is 0.581 bits per heavy atom. The van der Waals surface area contributed by atoms with E-state index in [2.05, 4.69) is 0 Å². The maximum absolute atomic E-state index is 15.8. The summed E-state index contributed by atoms with van der Waals surface area (Å²) in [4.78, 5) is 39.2. The van der Waals surface area contributed by atoms with Crippen LogP contribution in [0.5, 0.6) is 0 Å². The second kappa shape index (κ2) is 14.4. The summed E-state index contributed by atoms with van der Waals surface area (Å²) in [5, 5.41) is 0. The van der Waals surface area contributed by atoms with Crippen molar-refractivity contribution in [3.05, 3.63) is 144 Å². The monoisotopic (exact) mass is 584 g/mol. The first kappa shape index (κ1) is 29.6. The van der Waals surface area contributed by atoms with Crippen molar-refractivity contribution in [2.75, 3.05) is 6.61 Å². The zero-order valence-electron chi connectivity index (χ0n) is 23.0. The molecule has 0 aromatic heterocycles. The Bertz CT molecular complexity index is 1480. The van der Waals surface area contributed by atoms with Crippen LogP contribution in [0.25, 0.3) is 0 Å². The molecule has 220 valence electrons. The molecule has 4 aromatic carbocycles. The second-order valence-corrected chi connectivity index (χ2v) is 9.72. The predicted octanol–water partition coefficient (Wildman–Crippen LogP) is 5.57. The highest BCUT2D eigenvalue weighted by atomic mass is 19.1. The summed E-state index contributed by atoms with van der Waals surface area (Å²) in [7, 11) is 0. The minimum absolute atomic E-state index is 0.0400. The number of rotatable bonds is 10. The van der Waals surface area contributed by atoms with E-state index in [1.54, 1.807) is 115 Å². The van der Waals surface area contributed by atoms with Crippen molar-refractivity contribution in [3.63, 3.8) is 0 Å². The minimum Gasteiger partial charge on any atom is -0.459 e. The SMILES string of the molecule is O=C(OCC1O[C@@H](F)C(OCc2ccccc2)[C@@H](OC(=O)c2ccccc2)[C@H]1OC(=O)c1ccccc1)c1ccccc1. The summed E-state index contributed by atoms with van der Waals surface area (Å²) in [5.74, 6) is -2.24. The van der Waals surface area contributed by atoms with Crippen molar-refractivity contribution in [1.82, 2.24) is 0 Å². The average molecular weight is 585 g/mol. The number of hydrogen-bond donors (Lipinski definition) is 0. The Kier molecular flexibility index (Phi) is 9.89. The summed E-state index contributed by atoms with van der Waals surface area (Å²) >= 11 is 0. The third kappa shape index (κ3) is 7.71.